The summed E-state index contributed by atoms with van der Waals surface area (Å²) in [6.07, 6.45) is 0.525. The zero-order valence-electron chi connectivity index (χ0n) is 7.04. The molecule has 0 radical (unpaired) electrons. The molecule has 0 heterocycles. The summed E-state index contributed by atoms with van der Waals surface area (Å²) in [6, 6.07) is 2.39. The number of aryl methyl sites for hydroxylation is 1. The van der Waals surface area contributed by atoms with E-state index in [1.54, 1.807) is 6.92 Å². The zero-order chi connectivity index (χ0) is 10.0. The number of halogens is 1. The van der Waals surface area contributed by atoms with Crippen LogP contribution >= 0.6 is 0 Å². The van der Waals surface area contributed by atoms with Crippen molar-refractivity contribution in [1.82, 2.24) is 0 Å². The number of rotatable bonds is 2. The molecule has 70 valence electrons. The van der Waals surface area contributed by atoms with E-state index >= 15 is 0 Å². The molecule has 0 aliphatic heterocycles. The monoisotopic (exact) mass is 184 g/mol. The number of benzene rings is 1. The summed E-state index contributed by atoms with van der Waals surface area (Å²) in [5, 5.41) is 17.6. The van der Waals surface area contributed by atoms with E-state index in [0.717, 1.165) is 6.07 Å². The van der Waals surface area contributed by atoms with Crippen molar-refractivity contribution >= 4 is 5.97 Å². The lowest BCUT2D eigenvalue weighted by atomic mass is 10.1. The van der Waals surface area contributed by atoms with Crippen LogP contribution in [0.15, 0.2) is 12.1 Å². The van der Waals surface area contributed by atoms with Gasteiger partial charge in [-0.05, 0) is 24.1 Å². The summed E-state index contributed by atoms with van der Waals surface area (Å²) >= 11 is 0. The largest absolute Gasteiger partial charge is 0.504 e. The van der Waals surface area contributed by atoms with Crippen LogP contribution in [0, 0.1) is 5.82 Å². The third kappa shape index (κ3) is 1.77. The number of aromatic carboxylic acids is 1. The molecule has 3 nitrogen and oxygen atoms in total. The van der Waals surface area contributed by atoms with Gasteiger partial charge >= 0.3 is 5.97 Å². The molecule has 0 aliphatic rings. The van der Waals surface area contributed by atoms with Crippen LogP contribution in [0.3, 0.4) is 0 Å². The molecule has 0 unspecified atom stereocenters. The minimum absolute atomic E-state index is 0.392. The van der Waals surface area contributed by atoms with Crippen molar-refractivity contribution in [3.63, 3.8) is 0 Å². The van der Waals surface area contributed by atoms with Gasteiger partial charge < -0.3 is 10.2 Å². The van der Waals surface area contributed by atoms with Crippen LogP contribution in [-0.2, 0) is 6.42 Å². The molecule has 0 saturated heterocycles. The second-order valence-electron chi connectivity index (χ2n) is 2.63. The lowest BCUT2D eigenvalue weighted by Crippen LogP contribution is -2.00. The molecule has 0 spiro atoms. The summed E-state index contributed by atoms with van der Waals surface area (Å²) in [5.74, 6) is -3.02. The summed E-state index contributed by atoms with van der Waals surface area (Å²) in [5.41, 5.74) is 0.157. The molecular weight excluding hydrogens is 175 g/mol. The third-order valence-electron chi connectivity index (χ3n) is 1.76. The molecule has 0 fully saturated rings. The first-order valence-corrected chi connectivity index (χ1v) is 3.81. The first kappa shape index (κ1) is 9.51. The van der Waals surface area contributed by atoms with Crippen molar-refractivity contribution < 1.29 is 19.4 Å². The number of carbonyl (C=O) groups is 1. The highest BCUT2D eigenvalue weighted by Gasteiger charge is 2.14. The third-order valence-corrected chi connectivity index (χ3v) is 1.76. The van der Waals surface area contributed by atoms with Crippen LogP contribution in [0.25, 0.3) is 0 Å². The Morgan fingerprint density at radius 2 is 2.15 bits per heavy atom. The lowest BCUT2D eigenvalue weighted by molar-refractivity contribution is 0.0692. The predicted octanol–water partition coefficient (Wildman–Crippen LogP) is 1.79. The van der Waals surface area contributed by atoms with Crippen LogP contribution in [0.5, 0.6) is 5.75 Å². The molecular formula is C9H9FO3. The minimum Gasteiger partial charge on any atom is -0.504 e. The van der Waals surface area contributed by atoms with Crippen LogP contribution < -0.4 is 0 Å². The maximum Gasteiger partial charge on any atom is 0.339 e. The van der Waals surface area contributed by atoms with E-state index in [1.165, 1.54) is 6.07 Å². The zero-order valence-corrected chi connectivity index (χ0v) is 7.04. The van der Waals surface area contributed by atoms with Gasteiger partial charge in [-0.15, -0.1) is 0 Å². The molecule has 0 atom stereocenters. The Hall–Kier alpha value is -1.58. The Kier molecular flexibility index (Phi) is 2.51. The molecule has 0 bridgehead atoms. The van der Waals surface area contributed by atoms with Gasteiger partial charge in [-0.1, -0.05) is 6.92 Å². The average Bonchev–Trinajstić information content (AvgIpc) is 2.09. The molecule has 0 aromatic heterocycles. The van der Waals surface area contributed by atoms with Gasteiger partial charge in [0.05, 0.1) is 0 Å². The van der Waals surface area contributed by atoms with E-state index in [1.807, 2.05) is 0 Å². The fourth-order valence-corrected chi connectivity index (χ4v) is 1.02. The molecule has 2 N–H and O–H groups in total. The normalized spacial score (nSPS) is 10.0. The topological polar surface area (TPSA) is 57.5 Å². The van der Waals surface area contributed by atoms with E-state index < -0.39 is 23.1 Å². The van der Waals surface area contributed by atoms with Gasteiger partial charge in [0, 0.05) is 0 Å². The van der Waals surface area contributed by atoms with Crippen LogP contribution in [-0.4, -0.2) is 16.2 Å². The fraction of sp³-hybridized carbons (Fsp3) is 0.222. The van der Waals surface area contributed by atoms with Gasteiger partial charge in [0.1, 0.15) is 5.56 Å². The van der Waals surface area contributed by atoms with Crippen molar-refractivity contribution in [3.05, 3.63) is 29.1 Å². The highest BCUT2D eigenvalue weighted by molar-refractivity contribution is 5.91. The van der Waals surface area contributed by atoms with E-state index in [9.17, 15) is 9.18 Å². The Morgan fingerprint density at radius 3 is 2.62 bits per heavy atom. The SMILES string of the molecule is CCc1cc(F)c(O)c(C(=O)O)c1. The summed E-state index contributed by atoms with van der Waals surface area (Å²) < 4.78 is 12.9. The number of phenols is 1. The van der Waals surface area contributed by atoms with Gasteiger partial charge in [0.2, 0.25) is 0 Å². The van der Waals surface area contributed by atoms with E-state index in [2.05, 4.69) is 0 Å². The van der Waals surface area contributed by atoms with Gasteiger partial charge in [-0.3, -0.25) is 0 Å². The summed E-state index contributed by atoms with van der Waals surface area (Å²) in [6.45, 7) is 1.78. The highest BCUT2D eigenvalue weighted by atomic mass is 19.1. The summed E-state index contributed by atoms with van der Waals surface area (Å²) in [4.78, 5) is 10.5. The quantitative estimate of drug-likeness (QED) is 0.736. The molecule has 1 aromatic carbocycles. The number of hydrogen-bond donors (Lipinski definition) is 2. The second kappa shape index (κ2) is 3.43. The lowest BCUT2D eigenvalue weighted by Gasteiger charge is -2.03. The first-order chi connectivity index (χ1) is 6.06. The minimum atomic E-state index is -1.33. The smallest absolute Gasteiger partial charge is 0.339 e. The van der Waals surface area contributed by atoms with E-state index in [-0.39, 0.29) is 0 Å². The van der Waals surface area contributed by atoms with Gasteiger partial charge in [0.15, 0.2) is 11.6 Å². The molecule has 1 aromatic rings. The highest BCUT2D eigenvalue weighted by Crippen LogP contribution is 2.23. The molecule has 4 heteroatoms. The Bertz CT molecular complexity index is 347. The van der Waals surface area contributed by atoms with Crippen LogP contribution in [0.2, 0.25) is 0 Å². The average molecular weight is 184 g/mol. The Labute approximate surface area is 74.4 Å². The van der Waals surface area contributed by atoms with Crippen molar-refractivity contribution in [3.8, 4) is 5.75 Å². The molecule has 1 rings (SSSR count). The number of aromatic hydroxyl groups is 1. The maximum atomic E-state index is 12.9. The molecule has 0 amide bonds. The standard InChI is InChI=1S/C9H9FO3/c1-2-5-3-6(9(12)13)8(11)7(10)4-5/h3-4,11H,2H2,1H3,(H,12,13). The van der Waals surface area contributed by atoms with Crippen LogP contribution in [0.1, 0.15) is 22.8 Å². The summed E-state index contributed by atoms with van der Waals surface area (Å²) in [7, 11) is 0. The van der Waals surface area contributed by atoms with Crippen molar-refractivity contribution in [1.29, 1.82) is 0 Å². The van der Waals surface area contributed by atoms with E-state index in [4.69, 9.17) is 10.2 Å². The molecule has 0 aliphatic carbocycles. The number of carboxylic acid groups (broad SMARTS) is 1. The van der Waals surface area contributed by atoms with Gasteiger partial charge in [-0.2, -0.15) is 0 Å². The van der Waals surface area contributed by atoms with Crippen molar-refractivity contribution in [2.45, 2.75) is 13.3 Å². The number of hydrogen-bond acceptors (Lipinski definition) is 2. The first-order valence-electron chi connectivity index (χ1n) is 3.81. The molecule has 0 saturated carbocycles. The maximum absolute atomic E-state index is 12.9. The Balaban J connectivity index is 3.33. The van der Waals surface area contributed by atoms with E-state index in [0.29, 0.717) is 12.0 Å². The predicted molar refractivity (Wildman–Crippen MR) is 44.4 cm³/mol. The molecule has 13 heavy (non-hydrogen) atoms. The number of carboxylic acids is 1. The van der Waals surface area contributed by atoms with Crippen LogP contribution in [0.4, 0.5) is 4.39 Å². The Morgan fingerprint density at radius 1 is 1.54 bits per heavy atom. The van der Waals surface area contributed by atoms with Crippen molar-refractivity contribution in [2.75, 3.05) is 0 Å². The second-order valence-corrected chi connectivity index (χ2v) is 2.63. The van der Waals surface area contributed by atoms with Gasteiger partial charge in [-0.25, -0.2) is 9.18 Å². The van der Waals surface area contributed by atoms with Crippen molar-refractivity contribution in [2.24, 2.45) is 0 Å². The fourth-order valence-electron chi connectivity index (χ4n) is 1.02. The van der Waals surface area contributed by atoms with Gasteiger partial charge in [0.25, 0.3) is 0 Å².